The zero-order valence-corrected chi connectivity index (χ0v) is 12.9. The van der Waals surface area contributed by atoms with Crippen molar-refractivity contribution in [3.8, 4) is 11.8 Å². The van der Waals surface area contributed by atoms with Gasteiger partial charge in [0.1, 0.15) is 5.75 Å². The van der Waals surface area contributed by atoms with Crippen LogP contribution < -0.4 is 0 Å². The summed E-state index contributed by atoms with van der Waals surface area (Å²) in [6.07, 6.45) is 0.272. The van der Waals surface area contributed by atoms with E-state index < -0.39 is 0 Å². The molecule has 0 bridgehead atoms. The van der Waals surface area contributed by atoms with Gasteiger partial charge in [0.15, 0.2) is 0 Å². The lowest BCUT2D eigenvalue weighted by Gasteiger charge is -1.96. The van der Waals surface area contributed by atoms with E-state index in [0.717, 1.165) is 5.56 Å². The monoisotopic (exact) mass is 415 g/mol. The van der Waals surface area contributed by atoms with Crippen LogP contribution in [0.25, 0.3) is 0 Å². The molecule has 1 N–H and O–H groups in total. The molecule has 0 saturated carbocycles. The molecule has 7 heteroatoms. The van der Waals surface area contributed by atoms with Crippen LogP contribution in [0, 0.1) is 11.3 Å². The first-order chi connectivity index (χ1) is 6.95. The van der Waals surface area contributed by atoms with Gasteiger partial charge in [-0.05, 0) is 23.8 Å². The second-order valence-corrected chi connectivity index (χ2v) is 9.27. The van der Waals surface area contributed by atoms with Gasteiger partial charge in [-0.2, -0.15) is 5.26 Å². The quantitative estimate of drug-likeness (QED) is 0.693. The first kappa shape index (κ1) is 15.3. The number of aromatic hydroxyl groups is 1. The maximum absolute atomic E-state index is 9.03. The van der Waals surface area contributed by atoms with Gasteiger partial charge in [-0.3, -0.25) is 0 Å². The molecule has 1 aromatic rings. The minimum absolute atomic E-state index is 0.0998. The summed E-state index contributed by atoms with van der Waals surface area (Å²) in [5, 5.41) is 17.8. The van der Waals surface area contributed by atoms with E-state index >= 15 is 0 Å². The van der Waals surface area contributed by atoms with E-state index in [9.17, 15) is 0 Å². The molecule has 0 spiro atoms. The van der Waals surface area contributed by atoms with Crippen LogP contribution in [0.4, 0.5) is 0 Å². The number of nitrogens with zero attached hydrogens (tertiary/aromatic N) is 1. The summed E-state index contributed by atoms with van der Waals surface area (Å²) in [7, 11) is 0. The number of halogens is 4. The molecule has 1 aromatic carbocycles. The zero-order chi connectivity index (χ0) is 11.8. The summed E-state index contributed by atoms with van der Waals surface area (Å²) in [5.41, 5.74) is 0.734. The molecule has 1 rings (SSSR count). The van der Waals surface area contributed by atoms with E-state index in [4.69, 9.17) is 22.0 Å². The average molecular weight is 418 g/mol. The first-order valence-electron chi connectivity index (χ1n) is 3.73. The van der Waals surface area contributed by atoms with Gasteiger partial charge in [0.05, 0.1) is 12.5 Å². The van der Waals surface area contributed by atoms with Gasteiger partial charge < -0.3 is 5.11 Å². The summed E-state index contributed by atoms with van der Waals surface area (Å²) >= 11 is 14.9. The van der Waals surface area contributed by atoms with Crippen molar-refractivity contribution in [2.45, 2.75) is 6.42 Å². The highest BCUT2D eigenvalue weighted by atomic mass is 79.9. The number of rotatable bonds is 1. The average Bonchev–Trinajstić information content (AvgIpc) is 2.00. The molecule has 0 aliphatic rings. The van der Waals surface area contributed by atoms with E-state index in [-0.39, 0.29) is 15.4 Å². The Kier molecular flexibility index (Phi) is 8.63. The van der Waals surface area contributed by atoms with Crippen molar-refractivity contribution in [2.75, 3.05) is 0 Å². The van der Waals surface area contributed by atoms with Gasteiger partial charge in [0.25, 0.3) is 0 Å². The van der Waals surface area contributed by atoms with Crippen LogP contribution in [0.5, 0.6) is 5.75 Å². The van der Waals surface area contributed by atoms with E-state index in [1.807, 2.05) is 6.07 Å². The molecule has 0 saturated heterocycles. The maximum Gasteiger partial charge on any atom is 0.369 e. The van der Waals surface area contributed by atoms with Crippen molar-refractivity contribution in [1.82, 2.24) is 0 Å². The van der Waals surface area contributed by atoms with Crippen LogP contribution in [0.2, 0.25) is 5.02 Å². The van der Waals surface area contributed by atoms with Crippen LogP contribution in [-0.2, 0) is 6.42 Å². The molecule has 0 radical (unpaired) electrons. The van der Waals surface area contributed by atoms with Crippen molar-refractivity contribution in [2.24, 2.45) is 0 Å². The number of phenols is 1. The lowest BCUT2D eigenvalue weighted by atomic mass is 10.1. The summed E-state index contributed by atoms with van der Waals surface area (Å²) in [5.74, 6) is 0.0998. The molecule has 2 nitrogen and oxygen atoms in total. The van der Waals surface area contributed by atoms with Crippen molar-refractivity contribution in [3.05, 3.63) is 28.8 Å². The molecule has 0 aliphatic heterocycles. The number of hydrogen-bond donors (Lipinski definition) is 1. The SMILES string of the molecule is BrB(Br)Br.N#CCc1cc(O)cc(Cl)c1. The lowest BCUT2D eigenvalue weighted by molar-refractivity contribution is 0.475. The Bertz CT molecular complexity index is 333. The third kappa shape index (κ3) is 9.25. The Morgan fingerprint density at radius 3 is 2.27 bits per heavy atom. The molecule has 0 unspecified atom stereocenters. The zero-order valence-electron chi connectivity index (χ0n) is 7.42. The number of phenolic OH excluding ortho intramolecular Hbond substituents is 1. The predicted octanol–water partition coefficient (Wildman–Crippen LogP) is 4.27. The van der Waals surface area contributed by atoms with Gasteiger partial charge in [-0.15, -0.1) is 47.3 Å². The van der Waals surface area contributed by atoms with Crippen molar-refractivity contribution in [3.63, 3.8) is 0 Å². The number of benzene rings is 1. The van der Waals surface area contributed by atoms with Gasteiger partial charge in [0, 0.05) is 5.02 Å². The minimum Gasteiger partial charge on any atom is -0.508 e. The first-order valence-corrected chi connectivity index (χ1v) is 6.85. The molecule has 0 heterocycles. The second kappa shape index (κ2) is 8.46. The Morgan fingerprint density at radius 1 is 1.33 bits per heavy atom. The van der Waals surface area contributed by atoms with Crippen molar-refractivity contribution >= 4 is 62.1 Å². The van der Waals surface area contributed by atoms with Gasteiger partial charge in [-0.25, -0.2) is 0 Å². The Hall–Kier alpha value is 0.305. The normalized spacial score (nSPS) is 8.47. The molecular formula is C8H6BBr3ClNO. The van der Waals surface area contributed by atoms with Gasteiger partial charge in [-0.1, -0.05) is 11.6 Å². The Labute approximate surface area is 119 Å². The smallest absolute Gasteiger partial charge is 0.369 e. The van der Waals surface area contributed by atoms with Crippen LogP contribution in [-0.4, -0.2) is 8.29 Å². The molecule has 0 atom stereocenters. The van der Waals surface area contributed by atoms with Crippen LogP contribution in [0.1, 0.15) is 5.56 Å². The van der Waals surface area contributed by atoms with Crippen molar-refractivity contribution in [1.29, 1.82) is 5.26 Å². The topological polar surface area (TPSA) is 44.0 Å². The van der Waals surface area contributed by atoms with Crippen molar-refractivity contribution < 1.29 is 5.11 Å². The molecule has 0 aliphatic carbocycles. The van der Waals surface area contributed by atoms with Crippen LogP contribution in [0.15, 0.2) is 18.2 Å². The molecule has 15 heavy (non-hydrogen) atoms. The highest BCUT2D eigenvalue weighted by Gasteiger charge is 1.96. The van der Waals surface area contributed by atoms with Gasteiger partial charge >= 0.3 is 3.18 Å². The van der Waals surface area contributed by atoms with E-state index in [1.165, 1.54) is 12.1 Å². The highest BCUT2D eigenvalue weighted by Crippen LogP contribution is 2.19. The standard InChI is InChI=1S/C8H6ClNO.BBr3/c9-7-3-6(1-2-10)4-8(11)5-7;2-1(3)4/h3-5,11H,1H2;. The molecular weight excluding hydrogens is 412 g/mol. The summed E-state index contributed by atoms with van der Waals surface area (Å²) < 4.78 is 0.271. The third-order valence-electron chi connectivity index (χ3n) is 1.23. The highest BCUT2D eigenvalue weighted by molar-refractivity contribution is 9.69. The predicted molar refractivity (Wildman–Crippen MR) is 75.0 cm³/mol. The maximum atomic E-state index is 9.03. The summed E-state index contributed by atoms with van der Waals surface area (Å²) in [6.45, 7) is 0. The van der Waals surface area contributed by atoms with E-state index in [1.54, 1.807) is 6.07 Å². The van der Waals surface area contributed by atoms with E-state index in [2.05, 4.69) is 47.3 Å². The summed E-state index contributed by atoms with van der Waals surface area (Å²) in [6, 6.07) is 6.58. The fourth-order valence-corrected chi connectivity index (χ4v) is 1.08. The third-order valence-corrected chi connectivity index (χ3v) is 1.44. The number of hydrogen-bond acceptors (Lipinski definition) is 2. The molecule has 0 amide bonds. The molecule has 0 fully saturated rings. The number of nitriles is 1. The fraction of sp³-hybridized carbons (Fsp3) is 0.125. The largest absolute Gasteiger partial charge is 0.508 e. The van der Waals surface area contributed by atoms with Crippen LogP contribution >= 0.6 is 58.9 Å². The van der Waals surface area contributed by atoms with Gasteiger partial charge in [0.2, 0.25) is 0 Å². The summed E-state index contributed by atoms with van der Waals surface area (Å²) in [4.78, 5) is 0. The molecule has 0 aromatic heterocycles. The molecule has 80 valence electrons. The Morgan fingerprint density at radius 2 is 1.87 bits per heavy atom. The second-order valence-electron chi connectivity index (χ2n) is 2.40. The minimum atomic E-state index is 0.0998. The fourth-order valence-electron chi connectivity index (χ4n) is 0.827. The van der Waals surface area contributed by atoms with E-state index in [0.29, 0.717) is 5.02 Å². The Balaban J connectivity index is 0.000000423. The van der Waals surface area contributed by atoms with Crippen LogP contribution in [0.3, 0.4) is 0 Å². The lowest BCUT2D eigenvalue weighted by Crippen LogP contribution is -1.80.